The van der Waals surface area contributed by atoms with Gasteiger partial charge in [-0.3, -0.25) is 0 Å². The molecule has 106 valence electrons. The summed E-state index contributed by atoms with van der Waals surface area (Å²) >= 11 is 7.40. The van der Waals surface area contributed by atoms with Crippen molar-refractivity contribution in [3.05, 3.63) is 47.7 Å². The number of nitrogens with one attached hydrogen (secondary N) is 1. The summed E-state index contributed by atoms with van der Waals surface area (Å²) in [7, 11) is 1.76. The largest absolute Gasteiger partial charge is 0.357 e. The zero-order valence-corrected chi connectivity index (χ0v) is 12.6. The average Bonchev–Trinajstić information content (AvgIpc) is 3.01. The summed E-state index contributed by atoms with van der Waals surface area (Å²) in [4.78, 5) is 14.0. The van der Waals surface area contributed by atoms with E-state index >= 15 is 0 Å². The third-order valence-electron chi connectivity index (χ3n) is 2.54. The van der Waals surface area contributed by atoms with Crippen LogP contribution >= 0.6 is 23.4 Å². The molecule has 3 rings (SSSR count). The topological polar surface area (TPSA) is 68.5 Å². The van der Waals surface area contributed by atoms with E-state index in [2.05, 4.69) is 25.4 Å². The molecule has 21 heavy (non-hydrogen) atoms. The van der Waals surface area contributed by atoms with Crippen LogP contribution in [-0.4, -0.2) is 31.8 Å². The summed E-state index contributed by atoms with van der Waals surface area (Å²) in [5.74, 6) is 0.948. The van der Waals surface area contributed by atoms with Crippen molar-refractivity contribution < 1.29 is 0 Å². The summed E-state index contributed by atoms with van der Waals surface area (Å²) in [6.07, 6.45) is 3.45. The highest BCUT2D eigenvalue weighted by molar-refractivity contribution is 7.99. The molecule has 0 spiro atoms. The summed E-state index contributed by atoms with van der Waals surface area (Å²) in [6, 6.07) is 9.34. The highest BCUT2D eigenvalue weighted by Crippen LogP contribution is 2.27. The fraction of sp³-hybridized carbons (Fsp3) is 0.0769. The van der Waals surface area contributed by atoms with Gasteiger partial charge in [0.05, 0.1) is 0 Å². The predicted octanol–water partition coefficient (Wildman–Crippen LogP) is 2.90. The fourth-order valence-corrected chi connectivity index (χ4v) is 2.69. The maximum atomic E-state index is 5.99. The van der Waals surface area contributed by atoms with Gasteiger partial charge >= 0.3 is 0 Å². The molecule has 0 unspecified atom stereocenters. The zero-order chi connectivity index (χ0) is 14.7. The molecule has 0 atom stereocenters. The highest BCUT2D eigenvalue weighted by atomic mass is 35.5. The van der Waals surface area contributed by atoms with Gasteiger partial charge in [-0.1, -0.05) is 17.7 Å². The number of rotatable bonds is 4. The Hall–Kier alpha value is -2.12. The third kappa shape index (κ3) is 3.32. The van der Waals surface area contributed by atoms with Crippen molar-refractivity contribution in [3.63, 3.8) is 0 Å². The van der Waals surface area contributed by atoms with Crippen LogP contribution in [0.5, 0.6) is 0 Å². The lowest BCUT2D eigenvalue weighted by molar-refractivity contribution is 0.762. The van der Waals surface area contributed by atoms with Crippen LogP contribution in [-0.2, 0) is 0 Å². The molecule has 0 aliphatic heterocycles. The lowest BCUT2D eigenvalue weighted by atomic mass is 10.4. The number of hydrogen-bond acceptors (Lipinski definition) is 6. The number of hydrogen-bond donors (Lipinski definition) is 1. The van der Waals surface area contributed by atoms with Crippen LogP contribution in [0, 0.1) is 0 Å². The number of benzene rings is 1. The van der Waals surface area contributed by atoms with Gasteiger partial charge in [0.15, 0.2) is 5.16 Å². The van der Waals surface area contributed by atoms with Crippen LogP contribution in [0.3, 0.4) is 0 Å². The van der Waals surface area contributed by atoms with E-state index in [-0.39, 0.29) is 0 Å². The first-order chi connectivity index (χ1) is 10.2. The molecule has 2 aromatic heterocycles. The Morgan fingerprint density at radius 3 is 2.81 bits per heavy atom. The van der Waals surface area contributed by atoms with Crippen molar-refractivity contribution in [2.75, 3.05) is 12.4 Å². The molecular weight excluding hydrogens is 308 g/mol. The maximum Gasteiger partial charge on any atom is 0.256 e. The van der Waals surface area contributed by atoms with Crippen LogP contribution in [0.1, 0.15) is 0 Å². The van der Waals surface area contributed by atoms with Crippen LogP contribution in [0.25, 0.3) is 5.95 Å². The predicted molar refractivity (Wildman–Crippen MR) is 82.1 cm³/mol. The molecule has 0 aliphatic rings. The SMILES string of the molecule is CNc1nc(Sc2cccc(Cl)c2)nc(-n2cccn2)n1. The number of halogens is 1. The molecule has 0 aliphatic carbocycles. The van der Waals surface area contributed by atoms with E-state index < -0.39 is 0 Å². The molecule has 0 amide bonds. The molecule has 8 heteroatoms. The zero-order valence-electron chi connectivity index (χ0n) is 11.1. The van der Waals surface area contributed by atoms with Crippen LogP contribution in [0.4, 0.5) is 5.95 Å². The number of anilines is 1. The average molecular weight is 319 g/mol. The Balaban J connectivity index is 1.96. The first kappa shape index (κ1) is 13.8. The summed E-state index contributed by atoms with van der Waals surface area (Å²) in [5, 5.41) is 8.30. The molecule has 0 fully saturated rings. The Morgan fingerprint density at radius 2 is 2.10 bits per heavy atom. The first-order valence-electron chi connectivity index (χ1n) is 6.12. The first-order valence-corrected chi connectivity index (χ1v) is 7.31. The molecule has 3 aromatic rings. The second-order valence-corrected chi connectivity index (χ2v) is 5.48. The molecular formula is C13H11ClN6S. The second kappa shape index (κ2) is 6.11. The maximum absolute atomic E-state index is 5.99. The van der Waals surface area contributed by atoms with Gasteiger partial charge in [0, 0.05) is 29.4 Å². The van der Waals surface area contributed by atoms with Crippen molar-refractivity contribution in [1.82, 2.24) is 24.7 Å². The molecule has 0 saturated heterocycles. The van der Waals surface area contributed by atoms with Crippen LogP contribution in [0.2, 0.25) is 5.02 Å². The Kier molecular flexibility index (Phi) is 4.03. The van der Waals surface area contributed by atoms with E-state index in [0.29, 0.717) is 22.1 Å². The quantitative estimate of drug-likeness (QED) is 0.797. The van der Waals surface area contributed by atoms with Gasteiger partial charge in [-0.2, -0.15) is 20.1 Å². The lowest BCUT2D eigenvalue weighted by Gasteiger charge is -2.06. The summed E-state index contributed by atoms with van der Waals surface area (Å²) < 4.78 is 1.59. The van der Waals surface area contributed by atoms with E-state index in [1.807, 2.05) is 30.3 Å². The molecule has 1 N–H and O–H groups in total. The van der Waals surface area contributed by atoms with Gasteiger partial charge in [-0.05, 0) is 36.0 Å². The highest BCUT2D eigenvalue weighted by Gasteiger charge is 2.09. The van der Waals surface area contributed by atoms with E-state index in [1.165, 1.54) is 11.8 Å². The minimum Gasteiger partial charge on any atom is -0.357 e. The monoisotopic (exact) mass is 318 g/mol. The Bertz CT molecular complexity index is 746. The minimum absolute atomic E-state index is 0.462. The molecule has 6 nitrogen and oxygen atoms in total. The van der Waals surface area contributed by atoms with E-state index in [9.17, 15) is 0 Å². The van der Waals surface area contributed by atoms with Crippen molar-refractivity contribution in [2.24, 2.45) is 0 Å². The second-order valence-electron chi connectivity index (χ2n) is 4.00. The summed E-state index contributed by atoms with van der Waals surface area (Å²) in [6.45, 7) is 0. The third-order valence-corrected chi connectivity index (χ3v) is 3.63. The van der Waals surface area contributed by atoms with Gasteiger partial charge in [0.25, 0.3) is 5.95 Å². The fourth-order valence-electron chi connectivity index (χ4n) is 1.63. The van der Waals surface area contributed by atoms with Gasteiger partial charge < -0.3 is 5.32 Å². The normalized spacial score (nSPS) is 10.6. The van der Waals surface area contributed by atoms with Gasteiger partial charge in [0.1, 0.15) is 0 Å². The van der Waals surface area contributed by atoms with E-state index in [1.54, 1.807) is 24.1 Å². The minimum atomic E-state index is 0.462. The standard InChI is InChI=1S/C13H11ClN6S/c1-15-11-17-12(20-7-3-6-16-20)19-13(18-11)21-10-5-2-4-9(14)8-10/h2-8H,1H3,(H,15,17,18,19). The van der Waals surface area contributed by atoms with Crippen molar-refractivity contribution in [3.8, 4) is 5.95 Å². The van der Waals surface area contributed by atoms with Gasteiger partial charge in [-0.25, -0.2) is 4.68 Å². The summed E-state index contributed by atoms with van der Waals surface area (Å²) in [5.41, 5.74) is 0. The molecule has 0 bridgehead atoms. The van der Waals surface area contributed by atoms with Crippen LogP contribution in [0.15, 0.2) is 52.8 Å². The van der Waals surface area contributed by atoms with Crippen molar-refractivity contribution in [1.29, 1.82) is 0 Å². The van der Waals surface area contributed by atoms with Crippen molar-refractivity contribution in [2.45, 2.75) is 10.1 Å². The Morgan fingerprint density at radius 1 is 1.19 bits per heavy atom. The molecule has 0 radical (unpaired) electrons. The van der Waals surface area contributed by atoms with Gasteiger partial charge in [0.2, 0.25) is 5.95 Å². The van der Waals surface area contributed by atoms with E-state index in [4.69, 9.17) is 11.6 Å². The van der Waals surface area contributed by atoms with E-state index in [0.717, 1.165) is 4.90 Å². The molecule has 0 saturated carbocycles. The number of nitrogens with zero attached hydrogens (tertiary/aromatic N) is 5. The molecule has 1 aromatic carbocycles. The number of aromatic nitrogens is 5. The van der Waals surface area contributed by atoms with Gasteiger partial charge in [-0.15, -0.1) is 0 Å². The van der Waals surface area contributed by atoms with Crippen LogP contribution < -0.4 is 5.32 Å². The smallest absolute Gasteiger partial charge is 0.256 e. The lowest BCUT2D eigenvalue weighted by Crippen LogP contribution is -2.07. The molecule has 2 heterocycles. The van der Waals surface area contributed by atoms with Crippen molar-refractivity contribution >= 4 is 29.3 Å². The Labute approximate surface area is 130 Å².